The molecule has 0 bridgehead atoms. The van der Waals surface area contributed by atoms with Gasteiger partial charge < -0.3 is 0 Å². The molecule has 0 aromatic heterocycles. The van der Waals surface area contributed by atoms with Gasteiger partial charge in [-0.1, -0.05) is 0 Å². The van der Waals surface area contributed by atoms with Crippen LogP contribution in [0.5, 0.6) is 0 Å². The van der Waals surface area contributed by atoms with Crippen molar-refractivity contribution in [2.45, 2.75) is 11.8 Å². The Kier molecular flexibility index (Phi) is 3.56. The summed E-state index contributed by atoms with van der Waals surface area (Å²) in [6.07, 6.45) is -6.67. The van der Waals surface area contributed by atoms with E-state index >= 15 is 0 Å². The highest BCUT2D eigenvalue weighted by Gasteiger charge is 2.71. The van der Waals surface area contributed by atoms with Crippen LogP contribution in [0, 0.1) is 0 Å². The third-order valence-electron chi connectivity index (χ3n) is 1.37. The van der Waals surface area contributed by atoms with Gasteiger partial charge in [0.15, 0.2) is 0 Å². The lowest BCUT2D eigenvalue weighted by Gasteiger charge is -2.26. The Hall–Kier alpha value is -0.0100. The molecule has 0 aliphatic carbocycles. The number of rotatable bonds is 1. The summed E-state index contributed by atoms with van der Waals surface area (Å²) in [5.41, 5.74) is -6.50. The fourth-order valence-corrected chi connectivity index (χ4v) is 6.68. The Morgan fingerprint density at radius 3 is 1.33 bits per heavy atom. The Bertz CT molecular complexity index is 509. The van der Waals surface area contributed by atoms with Crippen molar-refractivity contribution in [3.63, 3.8) is 0 Å². The second-order valence-electron chi connectivity index (χ2n) is 2.74. The third-order valence-corrected chi connectivity index (χ3v) is 7.67. The summed E-state index contributed by atoms with van der Waals surface area (Å²) < 4.78 is 127. The van der Waals surface area contributed by atoms with Crippen molar-refractivity contribution in [1.29, 1.82) is 0 Å². The molecule has 1 aliphatic rings. The molecule has 0 saturated heterocycles. The zero-order chi connectivity index (χ0) is 14.6. The van der Waals surface area contributed by atoms with Gasteiger partial charge in [-0.05, 0) is 0 Å². The number of hydrogen-bond donors (Lipinski definition) is 0. The lowest BCUT2D eigenvalue weighted by molar-refractivity contribution is -0.242. The predicted octanol–water partition coefficient (Wildman–Crippen LogP) is 6.93. The molecule has 0 saturated carbocycles. The maximum Gasteiger partial charge on any atom is 0.464 e. The van der Waals surface area contributed by atoms with Crippen molar-refractivity contribution in [2.75, 3.05) is 0 Å². The van der Waals surface area contributed by atoms with Gasteiger partial charge in [0, 0.05) is 0 Å². The van der Waals surface area contributed by atoms with Crippen molar-refractivity contribution >= 4 is 23.2 Å². The maximum atomic E-state index is 13.2. The molecule has 0 fully saturated rings. The minimum atomic E-state index is -7.13. The number of nitrogens with zero attached hydrogens (tertiary/aromatic N) is 3. The number of alkyl halides is 5. The fourth-order valence-electron chi connectivity index (χ4n) is 0.742. The van der Waals surface area contributed by atoms with E-state index in [0.717, 1.165) is 0 Å². The van der Waals surface area contributed by atoms with Crippen LogP contribution in [0.3, 0.4) is 0 Å². The summed E-state index contributed by atoms with van der Waals surface area (Å²) in [4.78, 5) is 0. The van der Waals surface area contributed by atoms with Crippen LogP contribution in [0.15, 0.2) is 13.5 Å². The smallest absolute Gasteiger partial charge is 0.184 e. The predicted molar refractivity (Wildman–Crippen MR) is 44.6 cm³/mol. The van der Waals surface area contributed by atoms with E-state index in [1.807, 2.05) is 0 Å². The van der Waals surface area contributed by atoms with Gasteiger partial charge in [0.2, 0.25) is 0 Å². The topological polar surface area (TPSA) is 37.1 Å². The van der Waals surface area contributed by atoms with Crippen LogP contribution in [-0.4, -0.2) is 11.8 Å². The zero-order valence-electron chi connectivity index (χ0n) is 7.46. The van der Waals surface area contributed by atoms with E-state index in [0.29, 0.717) is 0 Å². The van der Waals surface area contributed by atoms with Gasteiger partial charge in [-0.15, -0.1) is 30.3 Å². The molecule has 0 radical (unpaired) electrons. The summed E-state index contributed by atoms with van der Waals surface area (Å²) in [5, 5.41) is 0. The zero-order valence-corrected chi connectivity index (χ0v) is 10.1. The summed E-state index contributed by atoms with van der Waals surface area (Å²) in [7, 11) is -20.3. The quantitative estimate of drug-likeness (QED) is 0.364. The number of halogens is 10. The summed E-state index contributed by atoms with van der Waals surface area (Å²) in [6.45, 7) is 0. The normalized spacial score (nSPS) is 31.0. The lowest BCUT2D eigenvalue weighted by atomic mass is 10.7. The average Bonchev–Trinajstić information content (AvgIpc) is 1.92. The Labute approximate surface area is 92.5 Å². The van der Waals surface area contributed by atoms with E-state index in [4.69, 9.17) is 0 Å². The van der Waals surface area contributed by atoms with Crippen molar-refractivity contribution < 1.29 is 42.9 Å². The van der Waals surface area contributed by atoms with E-state index in [1.165, 1.54) is 13.5 Å². The molecule has 1 aliphatic heterocycles. The van der Waals surface area contributed by atoms with Gasteiger partial charge in [-0.25, -0.2) is 0 Å². The molecule has 1 heterocycles. The first-order valence-corrected chi connectivity index (χ1v) is 8.00. The Morgan fingerprint density at radius 1 is 0.611 bits per heavy atom. The summed E-state index contributed by atoms with van der Waals surface area (Å²) in [6, 6.07) is 0. The SMILES string of the molecule is FC(F)(F)C(F)(F)P1(F)=NP(F)(F)=NP(F)(F)=N1. The molecule has 0 aromatic rings. The first kappa shape index (κ1) is 16.0. The summed E-state index contributed by atoms with van der Waals surface area (Å²) >= 11 is 0. The van der Waals surface area contributed by atoms with E-state index in [9.17, 15) is 42.9 Å². The molecule has 1 unspecified atom stereocenters. The van der Waals surface area contributed by atoms with Crippen molar-refractivity contribution in [1.82, 2.24) is 0 Å². The monoisotopic (exact) mass is 349 g/mol. The van der Waals surface area contributed by atoms with Crippen molar-refractivity contribution in [3.05, 3.63) is 0 Å². The molecule has 108 valence electrons. The summed E-state index contributed by atoms with van der Waals surface area (Å²) in [5.74, 6) is 0. The van der Waals surface area contributed by atoms with Crippen LogP contribution >= 0.6 is 23.2 Å². The molecular formula is C2F10N3P3. The highest BCUT2D eigenvalue weighted by Crippen LogP contribution is 2.86. The minimum Gasteiger partial charge on any atom is -0.184 e. The van der Waals surface area contributed by atoms with Crippen LogP contribution in [0.25, 0.3) is 0 Å². The molecule has 1 atom stereocenters. The second-order valence-corrected chi connectivity index (χ2v) is 8.33. The highest BCUT2D eigenvalue weighted by molar-refractivity contribution is 7.79. The van der Waals surface area contributed by atoms with Gasteiger partial charge in [0.25, 0.3) is 0 Å². The first-order chi connectivity index (χ1) is 7.62. The van der Waals surface area contributed by atoms with Gasteiger partial charge >= 0.3 is 35.0 Å². The van der Waals surface area contributed by atoms with E-state index in [2.05, 4.69) is 0 Å². The highest BCUT2D eigenvalue weighted by atomic mass is 31.3. The van der Waals surface area contributed by atoms with Crippen LogP contribution in [0.4, 0.5) is 42.9 Å². The molecule has 3 nitrogen and oxygen atoms in total. The van der Waals surface area contributed by atoms with Gasteiger partial charge in [0.05, 0.1) is 0 Å². The maximum absolute atomic E-state index is 13.2. The lowest BCUT2D eigenvalue weighted by Crippen LogP contribution is -2.34. The second kappa shape index (κ2) is 3.99. The average molecular weight is 349 g/mol. The van der Waals surface area contributed by atoms with Crippen LogP contribution < -0.4 is 0 Å². The molecule has 16 heteroatoms. The fraction of sp³-hybridized carbons (Fsp3) is 1.00. The standard InChI is InChI=1S/C2F10N3P3/c3-1(4,5)2(6,7)16(8)13-17(9,10)15-18(11,12)14-16. The molecule has 1 rings (SSSR count). The minimum absolute atomic E-state index is 1.25. The molecule has 0 N–H and O–H groups in total. The molecule has 0 spiro atoms. The van der Waals surface area contributed by atoms with E-state index in [1.54, 1.807) is 0 Å². The van der Waals surface area contributed by atoms with Gasteiger partial charge in [-0.2, -0.15) is 26.1 Å². The molecule has 0 amide bonds. The van der Waals surface area contributed by atoms with Crippen LogP contribution in [0.2, 0.25) is 0 Å². The van der Waals surface area contributed by atoms with E-state index in [-0.39, 0.29) is 0 Å². The van der Waals surface area contributed by atoms with Crippen LogP contribution in [0.1, 0.15) is 0 Å². The van der Waals surface area contributed by atoms with Crippen molar-refractivity contribution in [3.8, 4) is 0 Å². The van der Waals surface area contributed by atoms with Crippen LogP contribution in [-0.2, 0) is 0 Å². The molecule has 0 aromatic carbocycles. The first-order valence-electron chi connectivity index (χ1n) is 3.46. The van der Waals surface area contributed by atoms with Gasteiger partial charge in [0.1, 0.15) is 0 Å². The van der Waals surface area contributed by atoms with Crippen molar-refractivity contribution in [2.24, 2.45) is 13.5 Å². The van der Waals surface area contributed by atoms with Gasteiger partial charge in [-0.3, -0.25) is 0 Å². The molecule has 18 heavy (non-hydrogen) atoms. The Balaban J connectivity index is 3.65. The number of hydrogen-bond acceptors (Lipinski definition) is 3. The largest absolute Gasteiger partial charge is 0.464 e. The Morgan fingerprint density at radius 2 is 1.00 bits per heavy atom. The molecular weight excluding hydrogens is 349 g/mol. The third kappa shape index (κ3) is 2.77. The van der Waals surface area contributed by atoms with E-state index < -0.39 is 35.0 Å².